The maximum atomic E-state index is 12.7. The van der Waals surface area contributed by atoms with Gasteiger partial charge >= 0.3 is 0 Å². The standard InChI is InChI=1S/C21H26N8O3S/c1-15-11-16(2)24-21(23-15)29-19(12-17(3)26-29)25-20(30)14-27-7-9-28(10-8-27)33(31,32)18-5-4-6-22-13-18/h4-6,11-13H,7-10,14H2,1-3H3,(H,25,30). The molecule has 0 aromatic carbocycles. The van der Waals surface area contributed by atoms with Crippen molar-refractivity contribution >= 4 is 21.7 Å². The van der Waals surface area contributed by atoms with Gasteiger partial charge in [0.05, 0.1) is 12.2 Å². The summed E-state index contributed by atoms with van der Waals surface area (Å²) < 4.78 is 28.4. The lowest BCUT2D eigenvalue weighted by molar-refractivity contribution is -0.117. The molecule has 1 N–H and O–H groups in total. The Hall–Kier alpha value is -3.22. The normalized spacial score (nSPS) is 15.5. The monoisotopic (exact) mass is 470 g/mol. The van der Waals surface area contributed by atoms with Crippen LogP contribution in [0.4, 0.5) is 5.82 Å². The van der Waals surface area contributed by atoms with Crippen LogP contribution in [0.1, 0.15) is 17.1 Å². The van der Waals surface area contributed by atoms with Crippen LogP contribution in [0.25, 0.3) is 5.95 Å². The number of carbonyl (C=O) groups excluding carboxylic acids is 1. The second kappa shape index (κ2) is 9.33. The van der Waals surface area contributed by atoms with E-state index in [1.54, 1.807) is 12.1 Å². The van der Waals surface area contributed by atoms with Gasteiger partial charge in [-0.3, -0.25) is 14.7 Å². The first-order valence-electron chi connectivity index (χ1n) is 10.5. The Labute approximate surface area is 192 Å². The molecule has 4 heterocycles. The highest BCUT2D eigenvalue weighted by atomic mass is 32.2. The van der Waals surface area contributed by atoms with E-state index in [1.807, 2.05) is 31.7 Å². The number of aromatic nitrogens is 5. The number of hydrogen-bond acceptors (Lipinski definition) is 8. The van der Waals surface area contributed by atoms with E-state index in [9.17, 15) is 13.2 Å². The number of pyridine rings is 1. The van der Waals surface area contributed by atoms with Crippen molar-refractivity contribution in [1.82, 2.24) is 33.9 Å². The van der Waals surface area contributed by atoms with Crippen molar-refractivity contribution in [1.29, 1.82) is 0 Å². The van der Waals surface area contributed by atoms with Gasteiger partial charge in [-0.15, -0.1) is 0 Å². The molecule has 0 radical (unpaired) electrons. The summed E-state index contributed by atoms with van der Waals surface area (Å²) in [7, 11) is -3.58. The molecule has 11 nitrogen and oxygen atoms in total. The van der Waals surface area contributed by atoms with E-state index < -0.39 is 10.0 Å². The molecule has 174 valence electrons. The van der Waals surface area contributed by atoms with Crippen LogP contribution in [-0.2, 0) is 14.8 Å². The molecular formula is C21H26N8O3S. The Morgan fingerprint density at radius 1 is 1.03 bits per heavy atom. The number of anilines is 1. The Morgan fingerprint density at radius 3 is 2.36 bits per heavy atom. The molecule has 0 atom stereocenters. The Bertz CT molecular complexity index is 1230. The summed E-state index contributed by atoms with van der Waals surface area (Å²) in [4.78, 5) is 27.6. The van der Waals surface area contributed by atoms with E-state index in [4.69, 9.17) is 0 Å². The summed E-state index contributed by atoms with van der Waals surface area (Å²) in [6.45, 7) is 7.23. The van der Waals surface area contributed by atoms with E-state index in [0.717, 1.165) is 17.1 Å². The van der Waals surface area contributed by atoms with Crippen LogP contribution in [0.15, 0.2) is 41.6 Å². The molecule has 0 bridgehead atoms. The van der Waals surface area contributed by atoms with Crippen LogP contribution in [0.2, 0.25) is 0 Å². The predicted molar refractivity (Wildman–Crippen MR) is 121 cm³/mol. The van der Waals surface area contributed by atoms with Crippen LogP contribution in [0, 0.1) is 20.8 Å². The zero-order valence-corrected chi connectivity index (χ0v) is 19.6. The molecule has 33 heavy (non-hydrogen) atoms. The second-order valence-corrected chi connectivity index (χ2v) is 9.89. The summed E-state index contributed by atoms with van der Waals surface area (Å²) in [5.74, 6) is 0.662. The molecule has 3 aromatic heterocycles. The first-order valence-corrected chi connectivity index (χ1v) is 12.0. The fourth-order valence-corrected chi connectivity index (χ4v) is 5.09. The Balaban J connectivity index is 1.38. The van der Waals surface area contributed by atoms with Gasteiger partial charge in [-0.05, 0) is 39.0 Å². The molecule has 0 saturated carbocycles. The number of aryl methyl sites for hydroxylation is 3. The number of amides is 1. The third-order valence-electron chi connectivity index (χ3n) is 5.23. The molecule has 0 aliphatic carbocycles. The molecule has 12 heteroatoms. The van der Waals surface area contributed by atoms with Gasteiger partial charge in [-0.1, -0.05) is 0 Å². The number of carbonyl (C=O) groups is 1. The predicted octanol–water partition coefficient (Wildman–Crippen LogP) is 0.928. The van der Waals surface area contributed by atoms with Crippen molar-refractivity contribution in [3.05, 3.63) is 53.7 Å². The van der Waals surface area contributed by atoms with Gasteiger partial charge in [0.2, 0.25) is 15.9 Å². The molecule has 1 aliphatic heterocycles. The second-order valence-electron chi connectivity index (χ2n) is 7.95. The first kappa shape index (κ1) is 23.0. The highest BCUT2D eigenvalue weighted by molar-refractivity contribution is 7.89. The molecular weight excluding hydrogens is 444 g/mol. The number of hydrogen-bond donors (Lipinski definition) is 1. The minimum atomic E-state index is -3.58. The molecule has 1 amide bonds. The van der Waals surface area contributed by atoms with Crippen LogP contribution in [0.3, 0.4) is 0 Å². The van der Waals surface area contributed by atoms with Crippen molar-refractivity contribution in [2.45, 2.75) is 25.7 Å². The average molecular weight is 471 g/mol. The van der Waals surface area contributed by atoms with Gasteiger partial charge in [0.1, 0.15) is 10.7 Å². The van der Waals surface area contributed by atoms with Gasteiger partial charge in [-0.25, -0.2) is 18.4 Å². The number of rotatable bonds is 6. The van der Waals surface area contributed by atoms with Gasteiger partial charge in [0.15, 0.2) is 0 Å². The van der Waals surface area contributed by atoms with Crippen molar-refractivity contribution in [3.8, 4) is 5.95 Å². The maximum Gasteiger partial charge on any atom is 0.252 e. The largest absolute Gasteiger partial charge is 0.309 e. The Morgan fingerprint density at radius 2 is 1.73 bits per heavy atom. The third kappa shape index (κ3) is 5.24. The average Bonchev–Trinajstić information content (AvgIpc) is 3.14. The lowest BCUT2D eigenvalue weighted by atomic mass is 10.3. The lowest BCUT2D eigenvalue weighted by Crippen LogP contribution is -2.50. The zero-order chi connectivity index (χ0) is 23.6. The first-order chi connectivity index (χ1) is 15.7. The molecule has 0 spiro atoms. The summed E-state index contributed by atoms with van der Waals surface area (Å²) >= 11 is 0. The minimum absolute atomic E-state index is 0.138. The maximum absolute atomic E-state index is 12.7. The quantitative estimate of drug-likeness (QED) is 0.564. The van der Waals surface area contributed by atoms with E-state index in [-0.39, 0.29) is 17.3 Å². The SMILES string of the molecule is Cc1cc(C)nc(-n2nc(C)cc2NC(=O)CN2CCN(S(=O)(=O)c3cccnc3)CC2)n1. The lowest BCUT2D eigenvalue weighted by Gasteiger charge is -2.33. The highest BCUT2D eigenvalue weighted by Gasteiger charge is 2.29. The molecule has 4 rings (SSSR count). The number of nitrogens with one attached hydrogen (secondary N) is 1. The third-order valence-corrected chi connectivity index (χ3v) is 7.11. The Kier molecular flexibility index (Phi) is 6.49. The van der Waals surface area contributed by atoms with Gasteiger partial charge in [0.25, 0.3) is 5.95 Å². The number of sulfonamides is 1. The van der Waals surface area contributed by atoms with Crippen molar-refractivity contribution in [2.75, 3.05) is 38.0 Å². The fourth-order valence-electron chi connectivity index (χ4n) is 3.71. The number of piperazine rings is 1. The van der Waals surface area contributed by atoms with E-state index >= 15 is 0 Å². The summed E-state index contributed by atoms with van der Waals surface area (Å²) in [5, 5.41) is 7.30. The molecule has 1 fully saturated rings. The number of nitrogens with zero attached hydrogens (tertiary/aromatic N) is 7. The fraction of sp³-hybridized carbons (Fsp3) is 0.381. The van der Waals surface area contributed by atoms with Crippen LogP contribution in [0.5, 0.6) is 0 Å². The molecule has 1 aliphatic rings. The topological polar surface area (TPSA) is 126 Å². The molecule has 1 saturated heterocycles. The molecule has 0 unspecified atom stereocenters. The van der Waals surface area contributed by atoms with Crippen molar-refractivity contribution in [2.24, 2.45) is 0 Å². The van der Waals surface area contributed by atoms with Gasteiger partial charge < -0.3 is 5.32 Å². The van der Waals surface area contributed by atoms with Crippen molar-refractivity contribution < 1.29 is 13.2 Å². The van der Waals surface area contributed by atoms with Gasteiger partial charge in [-0.2, -0.15) is 14.1 Å². The zero-order valence-electron chi connectivity index (χ0n) is 18.8. The summed E-state index contributed by atoms with van der Waals surface area (Å²) in [6.07, 6.45) is 2.88. The van der Waals surface area contributed by atoms with E-state index in [0.29, 0.717) is 37.9 Å². The van der Waals surface area contributed by atoms with Crippen molar-refractivity contribution in [3.63, 3.8) is 0 Å². The van der Waals surface area contributed by atoms with Crippen LogP contribution < -0.4 is 5.32 Å². The summed E-state index contributed by atoms with van der Waals surface area (Å²) in [6, 6.07) is 6.76. The van der Waals surface area contributed by atoms with Gasteiger partial charge in [0, 0.05) is 56.0 Å². The highest BCUT2D eigenvalue weighted by Crippen LogP contribution is 2.18. The summed E-state index contributed by atoms with van der Waals surface area (Å²) in [5.41, 5.74) is 2.34. The minimum Gasteiger partial charge on any atom is -0.309 e. The van der Waals surface area contributed by atoms with Crippen LogP contribution >= 0.6 is 0 Å². The van der Waals surface area contributed by atoms with Crippen LogP contribution in [-0.4, -0.2) is 81.0 Å². The molecule has 3 aromatic rings. The smallest absolute Gasteiger partial charge is 0.252 e. The van der Waals surface area contributed by atoms with E-state index in [1.165, 1.54) is 27.4 Å². The van der Waals surface area contributed by atoms with E-state index in [2.05, 4.69) is 25.4 Å².